The highest BCUT2D eigenvalue weighted by atomic mass is 16.2. The van der Waals surface area contributed by atoms with Crippen molar-refractivity contribution in [2.24, 2.45) is 33.8 Å². The number of carbonyl (C=O) groups excluding carboxylic acids is 2. The minimum Gasteiger partial charge on any atom is -0.368 e. The third kappa shape index (κ3) is 9.27. The van der Waals surface area contributed by atoms with Crippen LogP contribution in [0.4, 0.5) is 0 Å². The Balaban J connectivity index is 1.53. The highest BCUT2D eigenvalue weighted by Crippen LogP contribution is 2.98. The number of rotatable bonds is 15. The SMILES string of the molecule is CCCCCCCC/C=C\CCCCC12CCCCCCCCCCC1C21C2CCCCCCCCCCC21C(=O)NC(C)C(N)=O. The average molecular weight is 653 g/mol. The molecule has 270 valence electrons. The zero-order valence-corrected chi connectivity index (χ0v) is 31.2. The van der Waals surface area contributed by atoms with Crippen LogP contribution in [0.5, 0.6) is 0 Å². The Hall–Kier alpha value is -1.32. The van der Waals surface area contributed by atoms with Gasteiger partial charge in [0.15, 0.2) is 0 Å². The van der Waals surface area contributed by atoms with E-state index < -0.39 is 11.9 Å². The maximum Gasteiger partial charge on any atom is 0.239 e. The van der Waals surface area contributed by atoms with Gasteiger partial charge in [0.25, 0.3) is 0 Å². The van der Waals surface area contributed by atoms with E-state index in [4.69, 9.17) is 5.73 Å². The number of nitrogens with one attached hydrogen (secondary N) is 1. The average Bonchev–Trinajstić information content (AvgIpc) is 3.84. The summed E-state index contributed by atoms with van der Waals surface area (Å²) in [5.41, 5.74) is 5.91. The van der Waals surface area contributed by atoms with Crippen LogP contribution in [0.1, 0.15) is 213 Å². The Morgan fingerprint density at radius 2 is 1.15 bits per heavy atom. The van der Waals surface area contributed by atoms with Crippen LogP contribution in [-0.2, 0) is 9.59 Å². The quantitative estimate of drug-likeness (QED) is 0.136. The predicted octanol–water partition coefficient (Wildman–Crippen LogP) is 11.9. The highest BCUT2D eigenvalue weighted by Gasteiger charge is 2.97. The molecular weight excluding hydrogens is 576 g/mol. The van der Waals surface area contributed by atoms with Crippen molar-refractivity contribution in [1.29, 1.82) is 0 Å². The number of fused-ring (bicyclic) bond motifs is 6. The lowest BCUT2D eigenvalue weighted by Gasteiger charge is -2.24. The Kier molecular flexibility index (Phi) is 16.2. The van der Waals surface area contributed by atoms with Crippen LogP contribution in [0, 0.1) is 28.1 Å². The smallest absolute Gasteiger partial charge is 0.239 e. The lowest BCUT2D eigenvalue weighted by Crippen LogP contribution is -2.46. The third-order valence-corrected chi connectivity index (χ3v) is 13.8. The maximum absolute atomic E-state index is 14.7. The van der Waals surface area contributed by atoms with Gasteiger partial charge >= 0.3 is 0 Å². The maximum atomic E-state index is 14.7. The third-order valence-electron chi connectivity index (χ3n) is 13.8. The van der Waals surface area contributed by atoms with Gasteiger partial charge in [-0.05, 0) is 87.4 Å². The molecule has 0 saturated heterocycles. The van der Waals surface area contributed by atoms with E-state index in [0.717, 1.165) is 12.8 Å². The number of primary amides is 1. The number of carbonyl (C=O) groups is 2. The molecule has 0 aromatic carbocycles. The Bertz CT molecular complexity index is 961. The second-order valence-electron chi connectivity index (χ2n) is 16.7. The zero-order chi connectivity index (χ0) is 33.4. The van der Waals surface area contributed by atoms with Crippen LogP contribution in [0.15, 0.2) is 12.2 Å². The molecule has 0 aromatic rings. The molecule has 4 saturated carbocycles. The number of amides is 2. The van der Waals surface area contributed by atoms with Gasteiger partial charge in [-0.25, -0.2) is 0 Å². The van der Waals surface area contributed by atoms with Crippen molar-refractivity contribution in [2.45, 2.75) is 219 Å². The zero-order valence-electron chi connectivity index (χ0n) is 31.2. The molecule has 4 aliphatic rings. The first kappa shape index (κ1) is 38.5. The molecular formula is C43H76N2O2. The molecule has 4 heteroatoms. The van der Waals surface area contributed by atoms with Gasteiger partial charge in [0, 0.05) is 0 Å². The molecule has 6 atom stereocenters. The summed E-state index contributed by atoms with van der Waals surface area (Å²) in [6.07, 6.45) is 45.6. The van der Waals surface area contributed by atoms with E-state index in [1.54, 1.807) is 6.92 Å². The summed E-state index contributed by atoms with van der Waals surface area (Å²) >= 11 is 0. The van der Waals surface area contributed by atoms with Crippen LogP contribution < -0.4 is 11.1 Å². The molecule has 0 aliphatic heterocycles. The topological polar surface area (TPSA) is 72.2 Å². The molecule has 6 unspecified atom stereocenters. The minimum atomic E-state index is -0.597. The van der Waals surface area contributed by atoms with E-state index in [1.165, 1.54) is 186 Å². The lowest BCUT2D eigenvalue weighted by molar-refractivity contribution is -0.132. The molecule has 0 heterocycles. The van der Waals surface area contributed by atoms with Gasteiger partial charge in [-0.3, -0.25) is 9.59 Å². The van der Waals surface area contributed by atoms with Crippen LogP contribution >= 0.6 is 0 Å². The number of hydrogen-bond acceptors (Lipinski definition) is 2. The normalized spacial score (nSPS) is 32.9. The molecule has 4 fully saturated rings. The first-order chi connectivity index (χ1) is 23.0. The van der Waals surface area contributed by atoms with Gasteiger partial charge in [-0.15, -0.1) is 0 Å². The number of allylic oxidation sites excluding steroid dienone is 2. The first-order valence-electron chi connectivity index (χ1n) is 21.2. The molecule has 3 N–H and O–H groups in total. The summed E-state index contributed by atoms with van der Waals surface area (Å²) in [5.74, 6) is 0.958. The fraction of sp³-hybridized carbons (Fsp3) is 0.907. The van der Waals surface area contributed by atoms with Crippen LogP contribution in [0.2, 0.25) is 0 Å². The van der Waals surface area contributed by atoms with Crippen molar-refractivity contribution < 1.29 is 9.59 Å². The van der Waals surface area contributed by atoms with Gasteiger partial charge in [-0.1, -0.05) is 160 Å². The van der Waals surface area contributed by atoms with Crippen molar-refractivity contribution in [1.82, 2.24) is 5.32 Å². The summed E-state index contributed by atoms with van der Waals surface area (Å²) in [6.45, 7) is 4.09. The molecule has 1 spiro atoms. The van der Waals surface area contributed by atoms with Gasteiger partial charge in [0.05, 0.1) is 5.41 Å². The number of hydrogen-bond donors (Lipinski definition) is 2. The van der Waals surface area contributed by atoms with Crippen molar-refractivity contribution in [3.63, 3.8) is 0 Å². The van der Waals surface area contributed by atoms with Crippen molar-refractivity contribution in [3.8, 4) is 0 Å². The lowest BCUT2D eigenvalue weighted by atomic mass is 9.82. The highest BCUT2D eigenvalue weighted by molar-refractivity contribution is 5.93. The molecule has 2 amide bonds. The second kappa shape index (κ2) is 19.8. The summed E-state index contributed by atoms with van der Waals surface area (Å²) in [5, 5.41) is 3.23. The summed E-state index contributed by atoms with van der Waals surface area (Å²) in [7, 11) is 0. The summed E-state index contributed by atoms with van der Waals surface area (Å²) in [6, 6.07) is -0.597. The van der Waals surface area contributed by atoms with E-state index >= 15 is 0 Å². The fourth-order valence-corrected chi connectivity index (χ4v) is 11.4. The van der Waals surface area contributed by atoms with Gasteiger partial charge in [0.1, 0.15) is 6.04 Å². The molecule has 4 aliphatic carbocycles. The molecule has 4 nitrogen and oxygen atoms in total. The van der Waals surface area contributed by atoms with Crippen LogP contribution in [-0.4, -0.2) is 17.9 Å². The Morgan fingerprint density at radius 1 is 0.660 bits per heavy atom. The Morgan fingerprint density at radius 3 is 1.74 bits per heavy atom. The van der Waals surface area contributed by atoms with E-state index in [2.05, 4.69) is 24.4 Å². The molecule has 0 aromatic heterocycles. The molecule has 47 heavy (non-hydrogen) atoms. The predicted molar refractivity (Wildman–Crippen MR) is 199 cm³/mol. The molecule has 0 radical (unpaired) electrons. The molecule has 4 rings (SSSR count). The van der Waals surface area contributed by atoms with Gasteiger partial charge in [-0.2, -0.15) is 0 Å². The largest absolute Gasteiger partial charge is 0.368 e. The van der Waals surface area contributed by atoms with E-state index in [-0.39, 0.29) is 16.7 Å². The summed E-state index contributed by atoms with van der Waals surface area (Å²) < 4.78 is 0. The number of unbranched alkanes of at least 4 members (excludes halogenated alkanes) is 8. The van der Waals surface area contributed by atoms with Crippen LogP contribution in [0.25, 0.3) is 0 Å². The van der Waals surface area contributed by atoms with Crippen molar-refractivity contribution in [2.75, 3.05) is 0 Å². The standard InChI is InChI=1S/C43H76N2O2/c1-3-4-5-6-7-8-9-10-13-18-23-28-33-41-34-29-24-19-14-11-16-21-26-31-37(41)43(41)38-32-27-22-17-12-15-20-25-30-35-42(38,43)40(47)45-36(2)39(44)46/h10,13,36-38H,3-9,11-12,14-35H2,1-2H3,(H2,44,46)(H,45,47)/b13-10-. The van der Waals surface area contributed by atoms with E-state index in [0.29, 0.717) is 17.3 Å². The fourth-order valence-electron chi connectivity index (χ4n) is 11.4. The van der Waals surface area contributed by atoms with Gasteiger partial charge < -0.3 is 11.1 Å². The van der Waals surface area contributed by atoms with Crippen molar-refractivity contribution >= 4 is 11.8 Å². The van der Waals surface area contributed by atoms with Crippen LogP contribution in [0.3, 0.4) is 0 Å². The summed E-state index contributed by atoms with van der Waals surface area (Å²) in [4.78, 5) is 26.9. The monoisotopic (exact) mass is 653 g/mol. The van der Waals surface area contributed by atoms with Gasteiger partial charge in [0.2, 0.25) is 11.8 Å². The van der Waals surface area contributed by atoms with E-state index in [9.17, 15) is 9.59 Å². The van der Waals surface area contributed by atoms with Crippen molar-refractivity contribution in [3.05, 3.63) is 12.2 Å². The Labute approximate surface area is 291 Å². The first-order valence-corrected chi connectivity index (χ1v) is 21.2. The number of nitrogens with two attached hydrogens (primary N) is 1. The van der Waals surface area contributed by atoms with E-state index in [1.807, 2.05) is 0 Å². The second-order valence-corrected chi connectivity index (χ2v) is 16.7. The molecule has 0 bridgehead atoms. The minimum absolute atomic E-state index is 0.150.